The summed E-state index contributed by atoms with van der Waals surface area (Å²) in [6, 6.07) is 7.55. The van der Waals surface area contributed by atoms with Crippen LogP contribution in [-0.4, -0.2) is 55.1 Å². The monoisotopic (exact) mass is 374 g/mol. The van der Waals surface area contributed by atoms with Crippen LogP contribution in [0.5, 0.6) is 5.75 Å². The van der Waals surface area contributed by atoms with E-state index in [1.165, 1.54) is 0 Å². The molecule has 6 nitrogen and oxygen atoms in total. The summed E-state index contributed by atoms with van der Waals surface area (Å²) in [7, 11) is 0. The van der Waals surface area contributed by atoms with Crippen LogP contribution in [0.3, 0.4) is 0 Å². The van der Waals surface area contributed by atoms with Gasteiger partial charge in [0.25, 0.3) is 0 Å². The first kappa shape index (κ1) is 18.7. The van der Waals surface area contributed by atoms with E-state index in [0.717, 1.165) is 49.1 Å². The highest BCUT2D eigenvalue weighted by molar-refractivity contribution is 7.13. The van der Waals surface area contributed by atoms with E-state index in [4.69, 9.17) is 4.74 Å². The Labute approximate surface area is 158 Å². The molecule has 1 aromatic carbocycles. The summed E-state index contributed by atoms with van der Waals surface area (Å²) in [4.78, 5) is 21.6. The van der Waals surface area contributed by atoms with Crippen molar-refractivity contribution in [3.05, 3.63) is 35.3 Å². The minimum absolute atomic E-state index is 0.00399. The first-order chi connectivity index (χ1) is 12.7. The van der Waals surface area contributed by atoms with E-state index in [9.17, 15) is 4.79 Å². The van der Waals surface area contributed by atoms with Gasteiger partial charge in [-0.3, -0.25) is 9.69 Å². The Balaban J connectivity index is 1.53. The molecule has 0 saturated carbocycles. The number of hydrogen-bond acceptors (Lipinski definition) is 6. The molecule has 140 valence electrons. The van der Waals surface area contributed by atoms with Crippen molar-refractivity contribution in [2.24, 2.45) is 0 Å². The van der Waals surface area contributed by atoms with E-state index in [-0.39, 0.29) is 5.91 Å². The van der Waals surface area contributed by atoms with Crippen LogP contribution in [0.25, 0.3) is 0 Å². The fourth-order valence-corrected chi connectivity index (χ4v) is 3.91. The Morgan fingerprint density at radius 2 is 2.12 bits per heavy atom. The topological polar surface area (TPSA) is 57.7 Å². The highest BCUT2D eigenvalue weighted by atomic mass is 32.1. The Bertz CT molecular complexity index is 734. The van der Waals surface area contributed by atoms with Crippen molar-refractivity contribution in [2.75, 3.05) is 49.5 Å². The quantitative estimate of drug-likeness (QED) is 0.842. The van der Waals surface area contributed by atoms with E-state index in [1.807, 2.05) is 38.1 Å². The number of carbonyl (C=O) groups excluding carboxylic acids is 1. The van der Waals surface area contributed by atoms with Gasteiger partial charge in [0.15, 0.2) is 5.13 Å². The predicted molar refractivity (Wildman–Crippen MR) is 106 cm³/mol. The van der Waals surface area contributed by atoms with Crippen molar-refractivity contribution >= 4 is 28.1 Å². The Morgan fingerprint density at radius 1 is 1.27 bits per heavy atom. The molecule has 26 heavy (non-hydrogen) atoms. The minimum Gasteiger partial charge on any atom is -0.492 e. The molecule has 0 radical (unpaired) electrons. The Kier molecular flexibility index (Phi) is 6.46. The number of carbonyl (C=O) groups is 1. The van der Waals surface area contributed by atoms with Crippen LogP contribution in [0.1, 0.15) is 19.0 Å². The number of aryl methyl sites for hydroxylation is 1. The molecule has 0 spiro atoms. The number of ether oxygens (including phenoxy) is 1. The number of anilines is 2. The number of para-hydroxylation sites is 2. The van der Waals surface area contributed by atoms with Gasteiger partial charge >= 0.3 is 0 Å². The van der Waals surface area contributed by atoms with Gasteiger partial charge in [-0.15, -0.1) is 11.3 Å². The number of nitrogens with zero attached hydrogens (tertiary/aromatic N) is 3. The van der Waals surface area contributed by atoms with Crippen LogP contribution >= 0.6 is 11.3 Å². The van der Waals surface area contributed by atoms with Gasteiger partial charge in [0.1, 0.15) is 5.75 Å². The third-order valence-corrected chi connectivity index (χ3v) is 5.31. The zero-order chi connectivity index (χ0) is 18.4. The summed E-state index contributed by atoms with van der Waals surface area (Å²) >= 11 is 1.69. The van der Waals surface area contributed by atoms with Crippen LogP contribution in [0, 0.1) is 6.92 Å². The Morgan fingerprint density at radius 3 is 2.88 bits per heavy atom. The lowest BCUT2D eigenvalue weighted by atomic mass is 10.3. The van der Waals surface area contributed by atoms with Crippen LogP contribution in [-0.2, 0) is 4.79 Å². The third-order valence-electron chi connectivity index (χ3n) is 4.29. The first-order valence-electron chi connectivity index (χ1n) is 9.07. The molecule has 1 N–H and O–H groups in total. The van der Waals surface area contributed by atoms with Crippen molar-refractivity contribution < 1.29 is 9.53 Å². The Hall–Kier alpha value is -2.12. The molecule has 1 aliphatic rings. The maximum Gasteiger partial charge on any atom is 0.238 e. The molecule has 0 bridgehead atoms. The van der Waals surface area contributed by atoms with E-state index >= 15 is 0 Å². The summed E-state index contributed by atoms with van der Waals surface area (Å²) in [6.45, 7) is 8.59. The zero-order valence-corrected chi connectivity index (χ0v) is 16.2. The molecule has 1 aromatic heterocycles. The van der Waals surface area contributed by atoms with Crippen LogP contribution in [0.15, 0.2) is 29.6 Å². The van der Waals surface area contributed by atoms with E-state index in [0.29, 0.717) is 18.9 Å². The normalized spacial score (nSPS) is 15.5. The van der Waals surface area contributed by atoms with Gasteiger partial charge < -0.3 is 15.0 Å². The van der Waals surface area contributed by atoms with E-state index < -0.39 is 0 Å². The van der Waals surface area contributed by atoms with Crippen molar-refractivity contribution in [1.29, 1.82) is 0 Å². The molecule has 0 unspecified atom stereocenters. The second-order valence-corrected chi connectivity index (χ2v) is 7.20. The molecular weight excluding hydrogens is 348 g/mol. The standard InChI is InChI=1S/C19H26N4O2S/c1-3-25-17-8-5-4-7-16(17)21-18(24)13-22-9-6-10-23(12-11-22)19-20-15(2)14-26-19/h4-5,7-8,14H,3,6,9-13H2,1-2H3,(H,21,24). The number of nitrogens with one attached hydrogen (secondary N) is 1. The van der Waals surface area contributed by atoms with Gasteiger partial charge in [-0.25, -0.2) is 4.98 Å². The van der Waals surface area contributed by atoms with Gasteiger partial charge in [0.05, 0.1) is 24.5 Å². The first-order valence-corrected chi connectivity index (χ1v) is 9.95. The van der Waals surface area contributed by atoms with Crippen molar-refractivity contribution in [3.63, 3.8) is 0 Å². The fourth-order valence-electron chi connectivity index (χ4n) is 3.05. The predicted octanol–water partition coefficient (Wildman–Crippen LogP) is 3.00. The van der Waals surface area contributed by atoms with Crippen LogP contribution in [0.4, 0.5) is 10.8 Å². The second kappa shape index (κ2) is 9.00. The van der Waals surface area contributed by atoms with E-state index in [2.05, 4.69) is 25.5 Å². The SMILES string of the molecule is CCOc1ccccc1NC(=O)CN1CCCN(c2nc(C)cs2)CC1. The highest BCUT2D eigenvalue weighted by Crippen LogP contribution is 2.24. The largest absolute Gasteiger partial charge is 0.492 e. The number of rotatable bonds is 6. The lowest BCUT2D eigenvalue weighted by Gasteiger charge is -2.21. The van der Waals surface area contributed by atoms with Gasteiger partial charge in [-0.1, -0.05) is 12.1 Å². The fraction of sp³-hybridized carbons (Fsp3) is 0.474. The summed E-state index contributed by atoms with van der Waals surface area (Å²) in [5.41, 5.74) is 1.80. The molecule has 1 saturated heterocycles. The smallest absolute Gasteiger partial charge is 0.238 e. The van der Waals surface area contributed by atoms with E-state index in [1.54, 1.807) is 11.3 Å². The zero-order valence-electron chi connectivity index (χ0n) is 15.4. The summed E-state index contributed by atoms with van der Waals surface area (Å²) in [5.74, 6) is 0.709. The number of hydrogen-bond donors (Lipinski definition) is 1. The molecule has 1 aliphatic heterocycles. The third kappa shape index (κ3) is 4.95. The van der Waals surface area contributed by atoms with Gasteiger partial charge in [-0.05, 0) is 32.4 Å². The molecule has 0 atom stereocenters. The number of amides is 1. The molecular formula is C19H26N4O2S. The molecule has 3 rings (SSSR count). The van der Waals surface area contributed by atoms with Gasteiger partial charge in [0, 0.05) is 31.6 Å². The maximum absolute atomic E-state index is 12.5. The number of benzene rings is 1. The van der Waals surface area contributed by atoms with Crippen molar-refractivity contribution in [2.45, 2.75) is 20.3 Å². The molecule has 2 aromatic rings. The lowest BCUT2D eigenvalue weighted by Crippen LogP contribution is -2.36. The molecule has 7 heteroatoms. The molecule has 0 aliphatic carbocycles. The molecule has 1 amide bonds. The average molecular weight is 375 g/mol. The average Bonchev–Trinajstić information content (AvgIpc) is 2.92. The van der Waals surface area contributed by atoms with Crippen LogP contribution < -0.4 is 15.0 Å². The van der Waals surface area contributed by atoms with Gasteiger partial charge in [0.2, 0.25) is 5.91 Å². The number of aromatic nitrogens is 1. The lowest BCUT2D eigenvalue weighted by molar-refractivity contribution is -0.117. The minimum atomic E-state index is -0.00399. The summed E-state index contributed by atoms with van der Waals surface area (Å²) in [5, 5.41) is 6.15. The van der Waals surface area contributed by atoms with Crippen LogP contribution in [0.2, 0.25) is 0 Å². The highest BCUT2D eigenvalue weighted by Gasteiger charge is 2.19. The van der Waals surface area contributed by atoms with Gasteiger partial charge in [-0.2, -0.15) is 0 Å². The molecule has 1 fully saturated rings. The maximum atomic E-state index is 12.5. The number of thiazole rings is 1. The van der Waals surface area contributed by atoms with Crippen molar-refractivity contribution in [3.8, 4) is 5.75 Å². The summed E-state index contributed by atoms with van der Waals surface area (Å²) in [6.07, 6.45) is 1.03. The second-order valence-electron chi connectivity index (χ2n) is 6.37. The summed E-state index contributed by atoms with van der Waals surface area (Å²) < 4.78 is 5.57. The van der Waals surface area contributed by atoms with Crippen molar-refractivity contribution in [1.82, 2.24) is 9.88 Å². The molecule has 2 heterocycles.